The van der Waals surface area contributed by atoms with Crippen LogP contribution in [0.5, 0.6) is 5.88 Å². The highest BCUT2D eigenvalue weighted by atomic mass is 32.2. The maximum atomic E-state index is 12.5. The van der Waals surface area contributed by atoms with Crippen molar-refractivity contribution in [1.29, 1.82) is 0 Å². The number of rotatable bonds is 5. The van der Waals surface area contributed by atoms with Crippen LogP contribution in [0, 0.1) is 0 Å². The van der Waals surface area contributed by atoms with Crippen molar-refractivity contribution in [2.75, 3.05) is 35.9 Å². The van der Waals surface area contributed by atoms with Crippen LogP contribution in [0.3, 0.4) is 0 Å². The Morgan fingerprint density at radius 1 is 1.19 bits per heavy atom. The highest BCUT2D eigenvalue weighted by Crippen LogP contribution is 2.41. The predicted molar refractivity (Wildman–Crippen MR) is 119 cm³/mol. The van der Waals surface area contributed by atoms with Gasteiger partial charge >= 0.3 is 0 Å². The number of aliphatic hydroxyl groups excluding tert-OH is 1. The molecule has 1 unspecified atom stereocenters. The molecule has 2 aliphatic carbocycles. The summed E-state index contributed by atoms with van der Waals surface area (Å²) in [6, 6.07) is 7.02. The minimum absolute atomic E-state index is 0.0424. The first-order valence-corrected chi connectivity index (χ1v) is 12.6. The summed E-state index contributed by atoms with van der Waals surface area (Å²) in [5.74, 6) is 2.31. The molecule has 31 heavy (non-hydrogen) atoms. The molecule has 1 aromatic carbocycles. The van der Waals surface area contributed by atoms with E-state index in [4.69, 9.17) is 9.72 Å². The minimum Gasteiger partial charge on any atom is -0.463 e. The van der Waals surface area contributed by atoms with Crippen molar-refractivity contribution in [2.45, 2.75) is 61.3 Å². The number of aliphatic hydroxyl groups is 1. The van der Waals surface area contributed by atoms with Gasteiger partial charge in [0.05, 0.1) is 12.1 Å². The van der Waals surface area contributed by atoms with Gasteiger partial charge in [0, 0.05) is 13.1 Å². The van der Waals surface area contributed by atoms with Crippen LogP contribution in [0.1, 0.15) is 54.7 Å². The number of ether oxygens (including phenoxy) is 1. The molecule has 0 spiro atoms. The van der Waals surface area contributed by atoms with E-state index in [0.717, 1.165) is 45.2 Å². The summed E-state index contributed by atoms with van der Waals surface area (Å²) >= 11 is 0. The van der Waals surface area contributed by atoms with E-state index in [1.165, 1.54) is 29.5 Å². The van der Waals surface area contributed by atoms with Gasteiger partial charge in [0.1, 0.15) is 15.7 Å². The third-order valence-corrected chi connectivity index (χ3v) is 8.65. The Morgan fingerprint density at radius 3 is 2.65 bits per heavy atom. The van der Waals surface area contributed by atoms with Crippen LogP contribution in [0.15, 0.2) is 23.1 Å². The molecule has 4 aliphatic rings. The number of hydrogen-bond donors (Lipinski definition) is 2. The topological polar surface area (TPSA) is 87.6 Å². The van der Waals surface area contributed by atoms with Gasteiger partial charge in [-0.25, -0.2) is 0 Å². The lowest BCUT2D eigenvalue weighted by Crippen LogP contribution is -2.48. The Labute approximate surface area is 184 Å². The van der Waals surface area contributed by atoms with Crippen molar-refractivity contribution in [3.63, 3.8) is 0 Å². The zero-order valence-corrected chi connectivity index (χ0v) is 18.4. The fraction of sp³-hybridized carbons (Fsp3) is 0.565. The second-order valence-electron chi connectivity index (χ2n) is 9.32. The van der Waals surface area contributed by atoms with Crippen molar-refractivity contribution in [3.8, 4) is 5.88 Å². The van der Waals surface area contributed by atoms with Gasteiger partial charge in [-0.3, -0.25) is 4.21 Å². The third kappa shape index (κ3) is 3.31. The van der Waals surface area contributed by atoms with Gasteiger partial charge in [0.2, 0.25) is 11.8 Å². The Hall–Kier alpha value is -2.19. The molecular weight excluding hydrogens is 412 g/mol. The van der Waals surface area contributed by atoms with E-state index in [0.29, 0.717) is 28.5 Å². The predicted octanol–water partition coefficient (Wildman–Crippen LogP) is 2.74. The van der Waals surface area contributed by atoms with E-state index in [1.54, 1.807) is 0 Å². The fourth-order valence-electron chi connectivity index (χ4n) is 5.18. The van der Waals surface area contributed by atoms with Crippen molar-refractivity contribution in [3.05, 3.63) is 34.9 Å². The highest BCUT2D eigenvalue weighted by molar-refractivity contribution is 7.85. The lowest BCUT2D eigenvalue weighted by atomic mass is 9.77. The molecule has 1 saturated heterocycles. The molecule has 0 bridgehead atoms. The summed E-state index contributed by atoms with van der Waals surface area (Å²) in [5, 5.41) is 13.3. The second-order valence-corrected chi connectivity index (χ2v) is 10.7. The molecule has 2 aliphatic heterocycles. The van der Waals surface area contributed by atoms with Crippen molar-refractivity contribution in [1.82, 2.24) is 9.97 Å². The molecule has 164 valence electrons. The molecule has 2 aromatic rings. The molecule has 7 nitrogen and oxygen atoms in total. The minimum atomic E-state index is -1.28. The lowest BCUT2D eigenvalue weighted by molar-refractivity contribution is 0.143. The van der Waals surface area contributed by atoms with Gasteiger partial charge in [-0.1, -0.05) is 18.2 Å². The van der Waals surface area contributed by atoms with E-state index in [9.17, 15) is 9.32 Å². The Kier molecular flexibility index (Phi) is 4.68. The van der Waals surface area contributed by atoms with Crippen LogP contribution in [-0.4, -0.2) is 50.5 Å². The van der Waals surface area contributed by atoms with Crippen molar-refractivity contribution >= 4 is 22.6 Å². The average Bonchev–Trinajstić information content (AvgIpc) is 3.13. The van der Waals surface area contributed by atoms with E-state index < -0.39 is 10.8 Å². The Morgan fingerprint density at radius 2 is 2.00 bits per heavy atom. The molecule has 3 heterocycles. The number of aromatic nitrogens is 2. The maximum Gasteiger partial charge on any atom is 0.238 e. The molecule has 6 rings (SSSR count). The van der Waals surface area contributed by atoms with Gasteiger partial charge in [0.25, 0.3) is 0 Å². The SMILES string of the molecule is O=S1COc2nc(N3CCC(c4ccc5c(c4)CC5)CC3)nc(NC3(CO)CCC3)c21. The van der Waals surface area contributed by atoms with Gasteiger partial charge < -0.3 is 20.1 Å². The summed E-state index contributed by atoms with van der Waals surface area (Å²) in [7, 11) is -1.28. The number of nitrogens with one attached hydrogen (secondary N) is 1. The fourth-order valence-corrected chi connectivity index (χ4v) is 6.12. The summed E-state index contributed by atoms with van der Waals surface area (Å²) in [4.78, 5) is 12.2. The molecule has 2 N–H and O–H groups in total. The smallest absolute Gasteiger partial charge is 0.238 e. The van der Waals surface area contributed by atoms with Crippen LogP contribution in [-0.2, 0) is 23.6 Å². The Balaban J connectivity index is 1.23. The first-order chi connectivity index (χ1) is 15.1. The van der Waals surface area contributed by atoms with Gasteiger partial charge in [0.15, 0.2) is 11.8 Å². The van der Waals surface area contributed by atoms with E-state index >= 15 is 0 Å². The zero-order valence-electron chi connectivity index (χ0n) is 17.6. The van der Waals surface area contributed by atoms with E-state index in [2.05, 4.69) is 33.4 Å². The highest BCUT2D eigenvalue weighted by Gasteiger charge is 2.39. The summed E-state index contributed by atoms with van der Waals surface area (Å²) < 4.78 is 18.1. The second kappa shape index (κ2) is 7.45. The number of piperidine rings is 1. The van der Waals surface area contributed by atoms with Gasteiger partial charge in [-0.15, -0.1) is 0 Å². The number of anilines is 2. The van der Waals surface area contributed by atoms with Gasteiger partial charge in [-0.2, -0.15) is 9.97 Å². The molecule has 1 aromatic heterocycles. The van der Waals surface area contributed by atoms with Crippen molar-refractivity contribution in [2.24, 2.45) is 0 Å². The van der Waals surface area contributed by atoms with Crippen molar-refractivity contribution < 1.29 is 14.1 Å². The molecule has 2 fully saturated rings. The third-order valence-electron chi connectivity index (χ3n) is 7.49. The largest absolute Gasteiger partial charge is 0.463 e. The summed E-state index contributed by atoms with van der Waals surface area (Å²) in [6.45, 7) is 1.81. The van der Waals surface area contributed by atoms with Crippen LogP contribution >= 0.6 is 0 Å². The standard InChI is InChI=1S/C23H28N4O3S/c28-13-23(8-1-9-23)26-20-19-21(30-14-31(19)29)25-22(24-20)27-10-6-16(7-11-27)18-5-3-15-2-4-17(15)12-18/h3,5,12,16,28H,1-2,4,6-11,13-14H2,(H,24,25,26). The van der Waals surface area contributed by atoms with Crippen LogP contribution in [0.2, 0.25) is 0 Å². The molecule has 8 heteroatoms. The average molecular weight is 441 g/mol. The van der Waals surface area contributed by atoms with E-state index in [1.807, 2.05) is 0 Å². The molecule has 0 radical (unpaired) electrons. The number of nitrogens with zero attached hydrogens (tertiary/aromatic N) is 3. The molecule has 1 saturated carbocycles. The van der Waals surface area contributed by atoms with Crippen LogP contribution in [0.25, 0.3) is 0 Å². The monoisotopic (exact) mass is 440 g/mol. The number of benzene rings is 1. The Bertz CT molecular complexity index is 1040. The quantitative estimate of drug-likeness (QED) is 0.739. The molecule has 0 amide bonds. The normalized spacial score (nSPS) is 23.9. The lowest BCUT2D eigenvalue weighted by Gasteiger charge is -2.41. The summed E-state index contributed by atoms with van der Waals surface area (Å²) in [5.41, 5.74) is 4.13. The van der Waals surface area contributed by atoms with Crippen LogP contribution < -0.4 is 15.0 Å². The maximum absolute atomic E-state index is 12.5. The number of aryl methyl sites for hydroxylation is 2. The molecular formula is C23H28N4O3S. The first kappa shape index (κ1) is 19.5. The van der Waals surface area contributed by atoms with Gasteiger partial charge in [-0.05, 0) is 67.6 Å². The van der Waals surface area contributed by atoms with Crippen LogP contribution in [0.4, 0.5) is 11.8 Å². The molecule has 1 atom stereocenters. The summed E-state index contributed by atoms with van der Waals surface area (Å²) in [6.07, 6.45) is 7.42. The zero-order chi connectivity index (χ0) is 21.0. The number of hydrogen-bond acceptors (Lipinski definition) is 7. The first-order valence-electron chi connectivity index (χ1n) is 11.3. The van der Waals surface area contributed by atoms with E-state index in [-0.39, 0.29) is 18.1 Å². The number of fused-ring (bicyclic) bond motifs is 2.